The second-order valence-electron chi connectivity index (χ2n) is 7.34. The molecule has 1 unspecified atom stereocenters. The highest BCUT2D eigenvalue weighted by molar-refractivity contribution is 9.10. The van der Waals surface area contributed by atoms with Crippen molar-refractivity contribution in [2.45, 2.75) is 11.8 Å². The quantitative estimate of drug-likeness (QED) is 0.569. The van der Waals surface area contributed by atoms with Crippen LogP contribution in [-0.4, -0.2) is 42.6 Å². The lowest BCUT2D eigenvalue weighted by molar-refractivity contribution is 0.214. The first kappa shape index (κ1) is 23.4. The van der Waals surface area contributed by atoms with E-state index in [2.05, 4.69) is 38.9 Å². The first-order valence-electron chi connectivity index (χ1n) is 9.90. The first-order valence-corrected chi connectivity index (χ1v) is 13.5. The summed E-state index contributed by atoms with van der Waals surface area (Å²) in [6.45, 7) is 3.57. The number of nitrogens with one attached hydrogen (secondary N) is 1. The third kappa shape index (κ3) is 5.08. The fourth-order valence-corrected chi connectivity index (χ4v) is 6.55. The van der Waals surface area contributed by atoms with Gasteiger partial charge in [-0.05, 0) is 41.5 Å². The molecule has 1 N–H and O–H groups in total. The minimum absolute atomic E-state index is 0.0388. The number of sulfone groups is 1. The molecule has 2 aromatic rings. The molecule has 1 fully saturated rings. The fourth-order valence-electron chi connectivity index (χ4n) is 3.57. The minimum Gasteiger partial charge on any atom is -0.456 e. The minimum atomic E-state index is -3.52. The van der Waals surface area contributed by atoms with Crippen LogP contribution in [0.15, 0.2) is 58.6 Å². The summed E-state index contributed by atoms with van der Waals surface area (Å²) in [4.78, 5) is 18.7. The molecular weight excluding hydrogens is 528 g/mol. The second-order valence-corrected chi connectivity index (χ2v) is 11.4. The highest BCUT2D eigenvalue weighted by Crippen LogP contribution is 2.38. The maximum atomic E-state index is 13.1. The Balaban J connectivity index is 1.84. The Labute approximate surface area is 204 Å². The van der Waals surface area contributed by atoms with E-state index in [1.165, 1.54) is 22.9 Å². The first-order chi connectivity index (χ1) is 15.8. The Morgan fingerprint density at radius 2 is 2.15 bits per heavy atom. The van der Waals surface area contributed by atoms with E-state index in [9.17, 15) is 18.5 Å². The molecule has 0 spiro atoms. The summed E-state index contributed by atoms with van der Waals surface area (Å²) in [7, 11) is -3.52. The fraction of sp³-hybridized carbons (Fsp3) is 0.227. The van der Waals surface area contributed by atoms with E-state index >= 15 is 0 Å². The maximum absolute atomic E-state index is 13.1. The number of aliphatic imine (C=N–C) groups is 1. The molecular formula is C22H19BrN4O4S2. The monoisotopic (exact) mass is 546 g/mol. The largest absolute Gasteiger partial charge is 0.456 e. The van der Waals surface area contributed by atoms with Gasteiger partial charge in [0.15, 0.2) is 15.0 Å². The van der Waals surface area contributed by atoms with Crippen molar-refractivity contribution in [2.75, 3.05) is 18.1 Å². The van der Waals surface area contributed by atoms with Crippen molar-refractivity contribution in [3.63, 3.8) is 0 Å². The van der Waals surface area contributed by atoms with Crippen LogP contribution in [0.25, 0.3) is 0 Å². The zero-order valence-electron chi connectivity index (χ0n) is 17.3. The van der Waals surface area contributed by atoms with Crippen LogP contribution in [0, 0.1) is 11.3 Å². The van der Waals surface area contributed by atoms with Gasteiger partial charge in [-0.1, -0.05) is 40.3 Å². The molecule has 0 radical (unpaired) electrons. The summed E-state index contributed by atoms with van der Waals surface area (Å²) in [5.41, 5.74) is 1.61. The molecule has 2 heterocycles. The van der Waals surface area contributed by atoms with Crippen molar-refractivity contribution >= 4 is 48.7 Å². The molecule has 2 aliphatic rings. The summed E-state index contributed by atoms with van der Waals surface area (Å²) in [6.07, 6.45) is 1.36. The normalized spacial score (nSPS) is 21.1. The van der Waals surface area contributed by atoms with Gasteiger partial charge in [0.25, 0.3) is 0 Å². The predicted octanol–water partition coefficient (Wildman–Crippen LogP) is 4.34. The van der Waals surface area contributed by atoms with E-state index in [4.69, 9.17) is 4.74 Å². The maximum Gasteiger partial charge on any atom is 0.324 e. The zero-order valence-corrected chi connectivity index (χ0v) is 20.5. The van der Waals surface area contributed by atoms with E-state index in [-0.39, 0.29) is 24.1 Å². The summed E-state index contributed by atoms with van der Waals surface area (Å²) in [5.74, 6) is 0.819. The van der Waals surface area contributed by atoms with E-state index < -0.39 is 15.9 Å². The molecule has 1 saturated heterocycles. The Hall–Kier alpha value is -2.81. The second kappa shape index (κ2) is 9.59. The number of nitriles is 1. The number of hydrogen-bond donors (Lipinski definition) is 1. The molecule has 2 amide bonds. The van der Waals surface area contributed by atoms with Crippen LogP contribution in [0.4, 0.5) is 4.79 Å². The number of nitrogens with zero attached hydrogens (tertiary/aromatic N) is 3. The number of amidine groups is 1. The number of fused-ring (bicyclic) bond motifs is 6. The highest BCUT2D eigenvalue weighted by Gasteiger charge is 2.36. The third-order valence-electron chi connectivity index (χ3n) is 5.13. The number of urea groups is 1. The van der Waals surface area contributed by atoms with Gasteiger partial charge in [-0.25, -0.2) is 18.2 Å². The van der Waals surface area contributed by atoms with Crippen molar-refractivity contribution in [1.29, 1.82) is 5.26 Å². The van der Waals surface area contributed by atoms with Gasteiger partial charge in [0.1, 0.15) is 17.6 Å². The lowest BCUT2D eigenvalue weighted by Crippen LogP contribution is -2.43. The number of ether oxygens (including phenoxy) is 1. The topological polar surface area (TPSA) is 112 Å². The number of amides is 2. The number of carbonyl (C=O) groups is 1. The molecule has 33 heavy (non-hydrogen) atoms. The number of hydrogen-bond acceptors (Lipinski definition) is 7. The smallest absolute Gasteiger partial charge is 0.324 e. The number of thioether (sulfide) groups is 1. The van der Waals surface area contributed by atoms with E-state index in [1.54, 1.807) is 36.4 Å². The molecule has 4 bridgehead atoms. The number of benzene rings is 2. The summed E-state index contributed by atoms with van der Waals surface area (Å²) >= 11 is 4.78. The molecule has 0 saturated carbocycles. The Bertz CT molecular complexity index is 1300. The average molecular weight is 547 g/mol. The number of rotatable bonds is 1. The van der Waals surface area contributed by atoms with Crippen molar-refractivity contribution in [3.8, 4) is 17.6 Å². The van der Waals surface area contributed by atoms with Gasteiger partial charge in [-0.15, -0.1) is 0 Å². The molecule has 0 aromatic heterocycles. The summed E-state index contributed by atoms with van der Waals surface area (Å²) in [6, 6.07) is 11.5. The highest BCUT2D eigenvalue weighted by atomic mass is 79.9. The van der Waals surface area contributed by atoms with Gasteiger partial charge in [-0.3, -0.25) is 4.90 Å². The SMILES string of the molecule is C=CN=C1SCC2c3ccc(C#N)c(c3)Oc3ccc(Br)c(c3)CS(=O)(=O)CCNC(=O)N12. The molecule has 170 valence electrons. The van der Waals surface area contributed by atoms with Crippen molar-refractivity contribution in [3.05, 3.63) is 70.3 Å². The zero-order chi connectivity index (χ0) is 23.6. The van der Waals surface area contributed by atoms with Crippen molar-refractivity contribution in [1.82, 2.24) is 10.2 Å². The van der Waals surface area contributed by atoms with E-state index in [0.717, 1.165) is 5.56 Å². The van der Waals surface area contributed by atoms with Crippen molar-refractivity contribution < 1.29 is 17.9 Å². The van der Waals surface area contributed by atoms with Gasteiger partial charge in [0.05, 0.1) is 23.1 Å². The van der Waals surface area contributed by atoms with Crippen LogP contribution in [0.3, 0.4) is 0 Å². The van der Waals surface area contributed by atoms with Gasteiger partial charge >= 0.3 is 6.03 Å². The van der Waals surface area contributed by atoms with E-state index in [0.29, 0.717) is 38.0 Å². The van der Waals surface area contributed by atoms with Crippen molar-refractivity contribution in [2.24, 2.45) is 4.99 Å². The standard InChI is InChI=1S/C22H19BrN4O4S2/c1-2-25-22-27-19(12-32-22)14-3-4-15(11-24)20(10-14)31-17-5-6-18(23)16(9-17)13-33(29,30)8-7-26-21(27)28/h2-6,9-10,19H,1,7-8,12-13H2,(H,26,28). The predicted molar refractivity (Wildman–Crippen MR) is 131 cm³/mol. The Kier molecular flexibility index (Phi) is 6.78. The van der Waals surface area contributed by atoms with Gasteiger partial charge in [-0.2, -0.15) is 5.26 Å². The molecule has 2 aromatic carbocycles. The lowest BCUT2D eigenvalue weighted by Gasteiger charge is -2.25. The Morgan fingerprint density at radius 3 is 2.91 bits per heavy atom. The van der Waals surface area contributed by atoms with Crippen LogP contribution in [0.1, 0.15) is 22.7 Å². The van der Waals surface area contributed by atoms with Crippen LogP contribution >= 0.6 is 27.7 Å². The van der Waals surface area contributed by atoms with Gasteiger partial charge < -0.3 is 10.1 Å². The third-order valence-corrected chi connectivity index (χ3v) is 8.52. The van der Waals surface area contributed by atoms with Crippen LogP contribution in [0.5, 0.6) is 11.5 Å². The van der Waals surface area contributed by atoms with Crippen LogP contribution in [-0.2, 0) is 15.6 Å². The van der Waals surface area contributed by atoms with Crippen LogP contribution in [0.2, 0.25) is 0 Å². The summed E-state index contributed by atoms with van der Waals surface area (Å²) in [5, 5.41) is 12.7. The van der Waals surface area contributed by atoms with Crippen LogP contribution < -0.4 is 10.1 Å². The molecule has 4 rings (SSSR count). The lowest BCUT2D eigenvalue weighted by atomic mass is 10.0. The summed E-state index contributed by atoms with van der Waals surface area (Å²) < 4.78 is 32.1. The van der Waals surface area contributed by atoms with Gasteiger partial charge in [0, 0.05) is 23.0 Å². The number of halogens is 1. The average Bonchev–Trinajstić information content (AvgIpc) is 3.19. The molecule has 2 aliphatic heterocycles. The Morgan fingerprint density at radius 1 is 1.33 bits per heavy atom. The van der Waals surface area contributed by atoms with E-state index in [1.807, 2.05) is 0 Å². The molecule has 0 aliphatic carbocycles. The molecule has 1 atom stereocenters. The number of carbonyl (C=O) groups excluding carboxylic acids is 1. The molecule has 11 heteroatoms. The van der Waals surface area contributed by atoms with Gasteiger partial charge in [0.2, 0.25) is 0 Å². The molecule has 8 nitrogen and oxygen atoms in total.